The molecule has 0 radical (unpaired) electrons. The molecule has 0 aromatic rings. The Morgan fingerprint density at radius 2 is 2.07 bits per heavy atom. The Bertz CT molecular complexity index is 143. The van der Waals surface area contributed by atoms with Crippen LogP contribution in [0.25, 0.3) is 0 Å². The Morgan fingerprint density at radius 1 is 1.43 bits per heavy atom. The van der Waals surface area contributed by atoms with Crippen LogP contribution >= 0.6 is 11.8 Å². The third kappa shape index (κ3) is 6.50. The van der Waals surface area contributed by atoms with Crippen molar-refractivity contribution >= 4 is 11.8 Å². The molecule has 0 aromatic heterocycles. The molecule has 0 aromatic carbocycles. The molecule has 2 nitrogen and oxygen atoms in total. The van der Waals surface area contributed by atoms with E-state index < -0.39 is 12.1 Å². The van der Waals surface area contributed by atoms with E-state index in [2.05, 4.69) is 0 Å². The Kier molecular flexibility index (Phi) is 7.40. The van der Waals surface area contributed by atoms with Crippen LogP contribution in [0.3, 0.4) is 0 Å². The van der Waals surface area contributed by atoms with E-state index in [0.29, 0.717) is 12.4 Å². The first-order valence-electron chi connectivity index (χ1n) is 4.35. The first-order chi connectivity index (χ1) is 6.52. The highest BCUT2D eigenvalue weighted by Gasteiger charge is 2.37. The third-order valence-corrected chi connectivity index (χ3v) is 2.92. The van der Waals surface area contributed by atoms with Gasteiger partial charge < -0.3 is 10.5 Å². The fourth-order valence-corrected chi connectivity index (χ4v) is 1.93. The number of halogens is 3. The monoisotopic (exact) mass is 231 g/mol. The van der Waals surface area contributed by atoms with E-state index in [1.807, 2.05) is 0 Å². The van der Waals surface area contributed by atoms with Crippen LogP contribution in [-0.4, -0.2) is 37.9 Å². The number of alkyl halides is 3. The third-order valence-electron chi connectivity index (χ3n) is 1.70. The van der Waals surface area contributed by atoms with Crippen LogP contribution in [-0.2, 0) is 4.74 Å². The van der Waals surface area contributed by atoms with Crippen molar-refractivity contribution in [3.63, 3.8) is 0 Å². The van der Waals surface area contributed by atoms with Crippen LogP contribution in [0, 0.1) is 5.92 Å². The van der Waals surface area contributed by atoms with Gasteiger partial charge in [0.1, 0.15) is 0 Å². The van der Waals surface area contributed by atoms with E-state index >= 15 is 0 Å². The van der Waals surface area contributed by atoms with E-state index in [9.17, 15) is 13.2 Å². The predicted octanol–water partition coefficient (Wildman–Crippen LogP) is 1.89. The van der Waals surface area contributed by atoms with Crippen molar-refractivity contribution in [3.05, 3.63) is 0 Å². The van der Waals surface area contributed by atoms with Crippen LogP contribution in [0.1, 0.15) is 6.42 Å². The molecule has 86 valence electrons. The van der Waals surface area contributed by atoms with Gasteiger partial charge in [-0.15, -0.1) is 0 Å². The highest BCUT2D eigenvalue weighted by atomic mass is 32.2. The van der Waals surface area contributed by atoms with Crippen molar-refractivity contribution in [1.29, 1.82) is 0 Å². The predicted molar refractivity (Wildman–Crippen MR) is 52.4 cm³/mol. The summed E-state index contributed by atoms with van der Waals surface area (Å²) in [6.45, 7) is 0.257. The molecule has 0 spiro atoms. The summed E-state index contributed by atoms with van der Waals surface area (Å²) >= 11 is 1.27. The molecule has 0 rings (SSSR count). The Hall–Kier alpha value is 0.0600. The summed E-state index contributed by atoms with van der Waals surface area (Å²) in [6, 6.07) is 0. The van der Waals surface area contributed by atoms with Crippen molar-refractivity contribution < 1.29 is 17.9 Å². The molecule has 0 aliphatic rings. The zero-order valence-electron chi connectivity index (χ0n) is 8.14. The Balaban J connectivity index is 3.54. The van der Waals surface area contributed by atoms with E-state index in [4.69, 9.17) is 10.5 Å². The highest BCUT2D eigenvalue weighted by molar-refractivity contribution is 7.99. The molecule has 1 unspecified atom stereocenters. The summed E-state index contributed by atoms with van der Waals surface area (Å²) in [5.74, 6) is -0.653. The zero-order chi connectivity index (χ0) is 11.0. The fraction of sp³-hybridized carbons (Fsp3) is 1.00. The maximum absolute atomic E-state index is 12.2. The molecule has 0 aliphatic carbocycles. The molecule has 0 saturated heterocycles. The molecule has 0 saturated carbocycles. The van der Waals surface area contributed by atoms with Gasteiger partial charge in [0.05, 0.1) is 5.92 Å². The van der Waals surface area contributed by atoms with Crippen LogP contribution < -0.4 is 5.73 Å². The van der Waals surface area contributed by atoms with Crippen molar-refractivity contribution in [1.82, 2.24) is 0 Å². The minimum Gasteiger partial charge on any atom is -0.385 e. The summed E-state index contributed by atoms with van der Waals surface area (Å²) in [5.41, 5.74) is 5.04. The lowest BCUT2D eigenvalue weighted by atomic mass is 10.2. The van der Waals surface area contributed by atoms with Crippen LogP contribution in [0.4, 0.5) is 13.2 Å². The molecule has 14 heavy (non-hydrogen) atoms. The van der Waals surface area contributed by atoms with Crippen LogP contribution in [0.2, 0.25) is 0 Å². The number of nitrogens with two attached hydrogens (primary N) is 1. The number of thioether (sulfide) groups is 1. The van der Waals surface area contributed by atoms with Gasteiger partial charge in [-0.25, -0.2) is 0 Å². The first kappa shape index (κ1) is 14.1. The van der Waals surface area contributed by atoms with Gasteiger partial charge in [0, 0.05) is 26.0 Å². The Labute approximate surface area is 86.4 Å². The standard InChI is InChI=1S/C8H16F3NOS/c1-13-3-2-4-14-6-7(5-12)8(9,10)11/h7H,2-6,12H2,1H3. The molecule has 0 amide bonds. The summed E-state index contributed by atoms with van der Waals surface area (Å²) < 4.78 is 41.3. The number of methoxy groups -OCH3 is 1. The molecule has 0 heterocycles. The zero-order valence-corrected chi connectivity index (χ0v) is 8.96. The lowest BCUT2D eigenvalue weighted by molar-refractivity contribution is -0.165. The van der Waals surface area contributed by atoms with Crippen molar-refractivity contribution in [2.75, 3.05) is 31.8 Å². The average molecular weight is 231 g/mol. The number of ether oxygens (including phenoxy) is 1. The minimum absolute atomic E-state index is 0.0454. The highest BCUT2D eigenvalue weighted by Crippen LogP contribution is 2.28. The lowest BCUT2D eigenvalue weighted by Crippen LogP contribution is -2.32. The minimum atomic E-state index is -4.16. The molecule has 1 atom stereocenters. The summed E-state index contributed by atoms with van der Waals surface area (Å²) in [5, 5.41) is 0. The fourth-order valence-electron chi connectivity index (χ4n) is 0.827. The van der Waals surface area contributed by atoms with E-state index in [-0.39, 0.29) is 12.3 Å². The van der Waals surface area contributed by atoms with Gasteiger partial charge in [0.2, 0.25) is 0 Å². The largest absolute Gasteiger partial charge is 0.393 e. The van der Waals surface area contributed by atoms with Gasteiger partial charge >= 0.3 is 6.18 Å². The van der Waals surface area contributed by atoms with Gasteiger partial charge in [-0.3, -0.25) is 0 Å². The second-order valence-electron chi connectivity index (χ2n) is 2.90. The second-order valence-corrected chi connectivity index (χ2v) is 4.05. The second kappa shape index (κ2) is 7.36. The summed E-state index contributed by atoms with van der Waals surface area (Å²) in [4.78, 5) is 0. The molecular formula is C8H16F3NOS. The molecule has 0 bridgehead atoms. The van der Waals surface area contributed by atoms with Crippen molar-refractivity contribution in [2.45, 2.75) is 12.6 Å². The topological polar surface area (TPSA) is 35.2 Å². The van der Waals surface area contributed by atoms with Gasteiger partial charge in [-0.2, -0.15) is 24.9 Å². The van der Waals surface area contributed by atoms with E-state index in [1.165, 1.54) is 11.8 Å². The quantitative estimate of drug-likeness (QED) is 0.680. The smallest absolute Gasteiger partial charge is 0.385 e. The summed E-state index contributed by atoms with van der Waals surface area (Å²) in [6.07, 6.45) is -3.39. The van der Waals surface area contributed by atoms with Crippen molar-refractivity contribution in [2.24, 2.45) is 11.7 Å². The van der Waals surface area contributed by atoms with Gasteiger partial charge in [0.15, 0.2) is 0 Å². The van der Waals surface area contributed by atoms with E-state index in [1.54, 1.807) is 7.11 Å². The van der Waals surface area contributed by atoms with Gasteiger partial charge in [-0.1, -0.05) is 0 Å². The van der Waals surface area contributed by atoms with Gasteiger partial charge in [0.25, 0.3) is 0 Å². The average Bonchev–Trinajstić information content (AvgIpc) is 2.09. The maximum atomic E-state index is 12.2. The maximum Gasteiger partial charge on any atom is 0.393 e. The normalized spacial score (nSPS) is 14.4. The lowest BCUT2D eigenvalue weighted by Gasteiger charge is -2.17. The number of hydrogen-bond acceptors (Lipinski definition) is 3. The first-order valence-corrected chi connectivity index (χ1v) is 5.51. The molecule has 0 aliphatic heterocycles. The van der Waals surface area contributed by atoms with Gasteiger partial charge in [-0.05, 0) is 12.2 Å². The van der Waals surface area contributed by atoms with Crippen LogP contribution in [0.15, 0.2) is 0 Å². The molecule has 0 fully saturated rings. The number of hydrogen-bond donors (Lipinski definition) is 1. The van der Waals surface area contributed by atoms with Crippen molar-refractivity contribution in [3.8, 4) is 0 Å². The molecule has 6 heteroatoms. The van der Waals surface area contributed by atoms with Crippen LogP contribution in [0.5, 0.6) is 0 Å². The molecular weight excluding hydrogens is 215 g/mol. The molecule has 2 N–H and O–H groups in total. The SMILES string of the molecule is COCCCSCC(CN)C(F)(F)F. The Morgan fingerprint density at radius 3 is 2.50 bits per heavy atom. The summed E-state index contributed by atoms with van der Waals surface area (Å²) in [7, 11) is 1.57. The number of rotatable bonds is 7. The van der Waals surface area contributed by atoms with E-state index in [0.717, 1.165) is 6.42 Å².